The fourth-order valence-corrected chi connectivity index (χ4v) is 2.00. The van der Waals surface area contributed by atoms with Crippen molar-refractivity contribution in [3.05, 3.63) is 24.3 Å². The fourth-order valence-electron chi connectivity index (χ4n) is 2.00. The summed E-state index contributed by atoms with van der Waals surface area (Å²) in [4.78, 5) is 22.6. The lowest BCUT2D eigenvalue weighted by molar-refractivity contribution is -0.120. The zero-order valence-electron chi connectivity index (χ0n) is 11.6. The molecular formula is C14H19N3O4. The number of primary amides is 1. The van der Waals surface area contributed by atoms with Gasteiger partial charge in [0.25, 0.3) is 5.91 Å². The van der Waals surface area contributed by atoms with Crippen molar-refractivity contribution in [3.8, 4) is 5.75 Å². The maximum atomic E-state index is 11.9. The minimum atomic E-state index is -0.548. The second kappa shape index (κ2) is 7.61. The summed E-state index contributed by atoms with van der Waals surface area (Å²) in [7, 11) is 0. The van der Waals surface area contributed by atoms with Crippen molar-refractivity contribution in [3.63, 3.8) is 0 Å². The third kappa shape index (κ3) is 5.41. The molecule has 1 saturated heterocycles. The number of benzene rings is 1. The molecule has 1 aromatic carbocycles. The van der Waals surface area contributed by atoms with Gasteiger partial charge in [0.05, 0.1) is 13.2 Å². The molecule has 21 heavy (non-hydrogen) atoms. The Bertz CT molecular complexity index is 501. The van der Waals surface area contributed by atoms with Crippen molar-refractivity contribution in [2.75, 3.05) is 31.7 Å². The number of hydrogen-bond donors (Lipinski definition) is 3. The Labute approximate surface area is 122 Å². The number of amides is 2. The van der Waals surface area contributed by atoms with Crippen molar-refractivity contribution in [1.29, 1.82) is 0 Å². The van der Waals surface area contributed by atoms with Gasteiger partial charge in [-0.3, -0.25) is 9.59 Å². The predicted molar refractivity (Wildman–Crippen MR) is 77.0 cm³/mol. The maximum absolute atomic E-state index is 11.9. The van der Waals surface area contributed by atoms with Crippen LogP contribution in [0.25, 0.3) is 0 Å². The molecule has 2 rings (SSSR count). The van der Waals surface area contributed by atoms with Crippen molar-refractivity contribution >= 4 is 17.5 Å². The van der Waals surface area contributed by atoms with Gasteiger partial charge in [0.15, 0.2) is 6.61 Å². The van der Waals surface area contributed by atoms with Crippen molar-refractivity contribution < 1.29 is 19.1 Å². The first-order valence-electron chi connectivity index (χ1n) is 6.75. The van der Waals surface area contributed by atoms with E-state index in [4.69, 9.17) is 15.2 Å². The van der Waals surface area contributed by atoms with E-state index in [9.17, 15) is 9.59 Å². The molecule has 1 heterocycles. The molecule has 7 nitrogen and oxygen atoms in total. The van der Waals surface area contributed by atoms with Gasteiger partial charge < -0.3 is 25.8 Å². The van der Waals surface area contributed by atoms with E-state index in [1.165, 1.54) is 0 Å². The van der Waals surface area contributed by atoms with Gasteiger partial charge >= 0.3 is 0 Å². The highest BCUT2D eigenvalue weighted by Crippen LogP contribution is 2.17. The van der Waals surface area contributed by atoms with E-state index in [-0.39, 0.29) is 18.6 Å². The standard InChI is InChI=1S/C14H19N3O4/c15-13(18)9-21-12-3-1-2-10(6-12)17-14(19)7-11-8-20-5-4-16-11/h1-3,6,11,16H,4-5,7-9H2,(H2,15,18)(H,17,19). The van der Waals surface area contributed by atoms with Crippen LogP contribution in [-0.2, 0) is 14.3 Å². The van der Waals surface area contributed by atoms with Crippen molar-refractivity contribution in [1.82, 2.24) is 5.32 Å². The Balaban J connectivity index is 1.85. The number of carbonyl (C=O) groups excluding carboxylic acids is 2. The highest BCUT2D eigenvalue weighted by Gasteiger charge is 2.16. The molecule has 0 bridgehead atoms. The quantitative estimate of drug-likeness (QED) is 0.678. The number of rotatable bonds is 6. The topological polar surface area (TPSA) is 103 Å². The molecule has 0 spiro atoms. The van der Waals surface area contributed by atoms with Crippen LogP contribution in [0.3, 0.4) is 0 Å². The van der Waals surface area contributed by atoms with E-state index in [1.807, 2.05) is 0 Å². The Morgan fingerprint density at radius 2 is 2.33 bits per heavy atom. The summed E-state index contributed by atoms with van der Waals surface area (Å²) in [5.74, 6) is -0.177. The van der Waals surface area contributed by atoms with Gasteiger partial charge in [-0.2, -0.15) is 0 Å². The van der Waals surface area contributed by atoms with E-state index in [2.05, 4.69) is 10.6 Å². The number of anilines is 1. The third-order valence-corrected chi connectivity index (χ3v) is 2.93. The maximum Gasteiger partial charge on any atom is 0.255 e. The van der Waals surface area contributed by atoms with E-state index in [0.29, 0.717) is 31.1 Å². The first-order chi connectivity index (χ1) is 10.1. The smallest absolute Gasteiger partial charge is 0.255 e. The Kier molecular flexibility index (Phi) is 5.53. The molecular weight excluding hydrogens is 274 g/mol. The van der Waals surface area contributed by atoms with Crippen LogP contribution in [0.15, 0.2) is 24.3 Å². The van der Waals surface area contributed by atoms with Crippen LogP contribution in [0.5, 0.6) is 5.75 Å². The second-order valence-corrected chi connectivity index (χ2v) is 4.76. The summed E-state index contributed by atoms with van der Waals surface area (Å²) in [6.07, 6.45) is 0.340. The number of morpholine rings is 1. The van der Waals surface area contributed by atoms with Crippen LogP contribution in [0.1, 0.15) is 6.42 Å². The molecule has 1 aromatic rings. The summed E-state index contributed by atoms with van der Waals surface area (Å²) < 4.78 is 10.5. The van der Waals surface area contributed by atoms with Gasteiger partial charge in [-0.15, -0.1) is 0 Å². The average molecular weight is 293 g/mol. The minimum absolute atomic E-state index is 0.0352. The molecule has 1 fully saturated rings. The normalized spacial score (nSPS) is 18.0. The lowest BCUT2D eigenvalue weighted by Gasteiger charge is -2.23. The first-order valence-corrected chi connectivity index (χ1v) is 6.75. The minimum Gasteiger partial charge on any atom is -0.484 e. The van der Waals surface area contributed by atoms with Crippen LogP contribution in [0.4, 0.5) is 5.69 Å². The lowest BCUT2D eigenvalue weighted by Crippen LogP contribution is -2.43. The van der Waals surface area contributed by atoms with Crippen LogP contribution in [0, 0.1) is 0 Å². The number of hydrogen-bond acceptors (Lipinski definition) is 5. The first kappa shape index (κ1) is 15.3. The van der Waals surface area contributed by atoms with Crippen LogP contribution in [0.2, 0.25) is 0 Å². The zero-order valence-corrected chi connectivity index (χ0v) is 11.6. The van der Waals surface area contributed by atoms with Gasteiger partial charge in [-0.05, 0) is 12.1 Å². The van der Waals surface area contributed by atoms with Crippen LogP contribution in [-0.4, -0.2) is 44.2 Å². The molecule has 0 aromatic heterocycles. The highest BCUT2D eigenvalue weighted by molar-refractivity contribution is 5.91. The van der Waals surface area contributed by atoms with Gasteiger partial charge in [0.1, 0.15) is 5.75 Å². The Hall–Kier alpha value is -2.12. The van der Waals surface area contributed by atoms with Crippen LogP contribution < -0.4 is 21.1 Å². The SMILES string of the molecule is NC(=O)COc1cccc(NC(=O)CC2COCCN2)c1. The molecule has 1 unspecified atom stereocenters. The summed E-state index contributed by atoms with van der Waals surface area (Å²) in [6.45, 7) is 1.78. The molecule has 1 aliphatic heterocycles. The number of nitrogens with two attached hydrogens (primary N) is 1. The van der Waals surface area contributed by atoms with Gasteiger partial charge in [-0.1, -0.05) is 6.07 Å². The summed E-state index contributed by atoms with van der Waals surface area (Å²) >= 11 is 0. The van der Waals surface area contributed by atoms with Crippen LogP contribution >= 0.6 is 0 Å². The zero-order chi connectivity index (χ0) is 15.1. The molecule has 114 valence electrons. The summed E-state index contributed by atoms with van der Waals surface area (Å²) in [5, 5.41) is 6.00. The number of carbonyl (C=O) groups is 2. The second-order valence-electron chi connectivity index (χ2n) is 4.76. The van der Waals surface area contributed by atoms with Crippen molar-refractivity contribution in [2.24, 2.45) is 5.73 Å². The molecule has 2 amide bonds. The van der Waals surface area contributed by atoms with Gasteiger partial charge in [0, 0.05) is 30.8 Å². The fraction of sp³-hybridized carbons (Fsp3) is 0.429. The molecule has 7 heteroatoms. The van der Waals surface area contributed by atoms with Crippen molar-refractivity contribution in [2.45, 2.75) is 12.5 Å². The summed E-state index contributed by atoms with van der Waals surface area (Å²) in [5.41, 5.74) is 5.62. The lowest BCUT2D eigenvalue weighted by atomic mass is 10.2. The summed E-state index contributed by atoms with van der Waals surface area (Å²) in [6, 6.07) is 6.85. The predicted octanol–water partition coefficient (Wildman–Crippen LogP) is -0.132. The monoisotopic (exact) mass is 293 g/mol. The molecule has 4 N–H and O–H groups in total. The van der Waals surface area contributed by atoms with E-state index >= 15 is 0 Å². The highest BCUT2D eigenvalue weighted by atomic mass is 16.5. The van der Waals surface area contributed by atoms with E-state index < -0.39 is 5.91 Å². The third-order valence-electron chi connectivity index (χ3n) is 2.93. The van der Waals surface area contributed by atoms with E-state index in [1.54, 1.807) is 24.3 Å². The average Bonchev–Trinajstić information content (AvgIpc) is 2.46. The number of ether oxygens (including phenoxy) is 2. The number of nitrogens with one attached hydrogen (secondary N) is 2. The molecule has 0 saturated carbocycles. The molecule has 1 atom stereocenters. The largest absolute Gasteiger partial charge is 0.484 e. The van der Waals surface area contributed by atoms with E-state index in [0.717, 1.165) is 6.54 Å². The van der Waals surface area contributed by atoms with Gasteiger partial charge in [0.2, 0.25) is 5.91 Å². The molecule has 0 aliphatic carbocycles. The Morgan fingerprint density at radius 1 is 1.48 bits per heavy atom. The van der Waals surface area contributed by atoms with Gasteiger partial charge in [-0.25, -0.2) is 0 Å². The molecule has 0 radical (unpaired) electrons. The molecule has 1 aliphatic rings. The Morgan fingerprint density at radius 3 is 3.05 bits per heavy atom.